The number of aliphatic hydroxyl groups is 1. The Morgan fingerprint density at radius 3 is 2.60 bits per heavy atom. The summed E-state index contributed by atoms with van der Waals surface area (Å²) in [6, 6.07) is 0. The van der Waals surface area contributed by atoms with E-state index in [1.54, 1.807) is 5.57 Å². The van der Waals surface area contributed by atoms with Gasteiger partial charge in [-0.2, -0.15) is 0 Å². The molecule has 2 heteroatoms. The number of fused-ring (bicyclic) bond motifs is 5. The monoisotopic (exact) mass is 414 g/mol. The van der Waals surface area contributed by atoms with Crippen LogP contribution in [0.25, 0.3) is 0 Å². The molecule has 3 saturated carbocycles. The maximum absolute atomic E-state index is 13.0. The van der Waals surface area contributed by atoms with Crippen molar-refractivity contribution in [1.82, 2.24) is 0 Å². The summed E-state index contributed by atoms with van der Waals surface area (Å²) < 4.78 is 0. The molecule has 8 unspecified atom stereocenters. The fourth-order valence-electron chi connectivity index (χ4n) is 8.64. The van der Waals surface area contributed by atoms with Crippen LogP contribution in [-0.2, 0) is 4.79 Å². The highest BCUT2D eigenvalue weighted by Gasteiger charge is 2.59. The van der Waals surface area contributed by atoms with Gasteiger partial charge in [0.1, 0.15) is 5.78 Å². The fraction of sp³-hybridized carbons (Fsp3) is 0.893. The number of hydrogen-bond donors (Lipinski definition) is 1. The first kappa shape index (κ1) is 22.6. The molecule has 0 radical (unpaired) electrons. The van der Waals surface area contributed by atoms with Crippen LogP contribution in [0.1, 0.15) is 105 Å². The van der Waals surface area contributed by atoms with Crippen molar-refractivity contribution >= 4 is 5.78 Å². The number of rotatable bonds is 6. The van der Waals surface area contributed by atoms with Gasteiger partial charge >= 0.3 is 0 Å². The van der Waals surface area contributed by atoms with Gasteiger partial charge in [0, 0.05) is 12.3 Å². The number of aliphatic hydroxyl groups excluding tert-OH is 1. The first-order valence-corrected chi connectivity index (χ1v) is 13.1. The Hall–Kier alpha value is -0.630. The number of carbonyl (C=O) groups excluding carboxylic acids is 1. The van der Waals surface area contributed by atoms with Gasteiger partial charge in [0.15, 0.2) is 0 Å². The zero-order valence-corrected chi connectivity index (χ0v) is 20.3. The average Bonchev–Trinajstić information content (AvgIpc) is 3.04. The first-order chi connectivity index (χ1) is 14.2. The molecule has 2 nitrogen and oxygen atoms in total. The van der Waals surface area contributed by atoms with Gasteiger partial charge < -0.3 is 5.11 Å². The normalized spacial score (nSPS) is 44.1. The minimum atomic E-state index is -0.117. The van der Waals surface area contributed by atoms with Crippen molar-refractivity contribution in [1.29, 1.82) is 0 Å². The Labute approximate surface area is 185 Å². The van der Waals surface area contributed by atoms with Crippen molar-refractivity contribution in [2.45, 2.75) is 111 Å². The summed E-state index contributed by atoms with van der Waals surface area (Å²) in [5.41, 5.74) is 2.23. The summed E-state index contributed by atoms with van der Waals surface area (Å²) in [5, 5.41) is 10.2. The molecule has 0 aliphatic heterocycles. The lowest BCUT2D eigenvalue weighted by molar-refractivity contribution is -0.127. The molecular formula is C28H46O2. The fourth-order valence-corrected chi connectivity index (χ4v) is 8.64. The van der Waals surface area contributed by atoms with Crippen molar-refractivity contribution < 1.29 is 9.90 Å². The van der Waals surface area contributed by atoms with Gasteiger partial charge in [0.25, 0.3) is 0 Å². The predicted octanol–water partition coefficient (Wildman–Crippen LogP) is 6.96. The van der Waals surface area contributed by atoms with E-state index in [1.165, 1.54) is 44.9 Å². The van der Waals surface area contributed by atoms with Gasteiger partial charge in [-0.3, -0.25) is 4.79 Å². The van der Waals surface area contributed by atoms with Crippen LogP contribution in [0.2, 0.25) is 0 Å². The van der Waals surface area contributed by atoms with E-state index < -0.39 is 0 Å². The Kier molecular flexibility index (Phi) is 6.30. The number of allylic oxidation sites excluding steroid dienone is 1. The minimum absolute atomic E-state index is 0.117. The van der Waals surface area contributed by atoms with E-state index in [0.29, 0.717) is 28.4 Å². The van der Waals surface area contributed by atoms with E-state index >= 15 is 0 Å². The standard InChI is InChI=1S/C28H46O2/c1-18(2)7-6-8-26(30)19(3)23-11-12-24-22-10-9-20-17-21(29)13-15-27(20,4)25(22)14-16-28(23,24)5/h9,18-19,21-25,29H,6-8,10-17H2,1-5H3. The maximum Gasteiger partial charge on any atom is 0.135 e. The first-order valence-electron chi connectivity index (χ1n) is 13.1. The molecule has 0 heterocycles. The number of Topliss-reactive ketones (excluding diaryl/α,β-unsaturated/α-hetero) is 1. The second kappa shape index (κ2) is 8.38. The second-order valence-electron chi connectivity index (χ2n) is 12.4. The third-order valence-corrected chi connectivity index (χ3v) is 10.5. The van der Waals surface area contributed by atoms with Crippen LogP contribution in [0.5, 0.6) is 0 Å². The van der Waals surface area contributed by atoms with Crippen LogP contribution in [0.15, 0.2) is 11.6 Å². The van der Waals surface area contributed by atoms with E-state index in [2.05, 4.69) is 40.7 Å². The molecule has 170 valence electrons. The number of carbonyl (C=O) groups is 1. The molecule has 0 aromatic rings. The van der Waals surface area contributed by atoms with Gasteiger partial charge in [-0.25, -0.2) is 0 Å². The highest BCUT2D eigenvalue weighted by molar-refractivity contribution is 5.81. The van der Waals surface area contributed by atoms with Crippen LogP contribution in [0, 0.1) is 46.3 Å². The highest BCUT2D eigenvalue weighted by Crippen LogP contribution is 2.67. The van der Waals surface area contributed by atoms with Crippen molar-refractivity contribution in [2.75, 3.05) is 0 Å². The average molecular weight is 415 g/mol. The zero-order chi connectivity index (χ0) is 21.7. The largest absolute Gasteiger partial charge is 0.393 e. The predicted molar refractivity (Wildman–Crippen MR) is 124 cm³/mol. The molecule has 0 saturated heterocycles. The molecule has 0 spiro atoms. The van der Waals surface area contributed by atoms with Gasteiger partial charge in [0.2, 0.25) is 0 Å². The van der Waals surface area contributed by atoms with Gasteiger partial charge in [-0.05, 0) is 98.2 Å². The molecular weight excluding hydrogens is 368 g/mol. The number of hydrogen-bond acceptors (Lipinski definition) is 2. The summed E-state index contributed by atoms with van der Waals surface area (Å²) >= 11 is 0. The van der Waals surface area contributed by atoms with E-state index in [9.17, 15) is 9.90 Å². The van der Waals surface area contributed by atoms with Crippen molar-refractivity contribution in [3.05, 3.63) is 11.6 Å². The molecule has 4 aliphatic rings. The second-order valence-corrected chi connectivity index (χ2v) is 12.4. The minimum Gasteiger partial charge on any atom is -0.393 e. The molecule has 8 atom stereocenters. The van der Waals surface area contributed by atoms with E-state index in [-0.39, 0.29) is 12.0 Å². The summed E-state index contributed by atoms with van der Waals surface area (Å²) in [5.74, 6) is 4.42. The van der Waals surface area contributed by atoms with E-state index in [1.807, 2.05) is 0 Å². The van der Waals surface area contributed by atoms with E-state index in [4.69, 9.17) is 0 Å². The third-order valence-electron chi connectivity index (χ3n) is 10.5. The topological polar surface area (TPSA) is 37.3 Å². The van der Waals surface area contributed by atoms with Crippen molar-refractivity contribution in [2.24, 2.45) is 46.3 Å². The summed E-state index contributed by atoms with van der Waals surface area (Å²) in [4.78, 5) is 13.0. The quantitative estimate of drug-likeness (QED) is 0.477. The molecule has 1 N–H and O–H groups in total. The third kappa shape index (κ3) is 3.74. The molecule has 4 rings (SSSR count). The molecule has 0 aromatic carbocycles. The van der Waals surface area contributed by atoms with Crippen LogP contribution >= 0.6 is 0 Å². The zero-order valence-electron chi connectivity index (χ0n) is 20.3. The molecule has 3 fully saturated rings. The van der Waals surface area contributed by atoms with Gasteiger partial charge in [-0.15, -0.1) is 0 Å². The van der Waals surface area contributed by atoms with Gasteiger partial charge in [0.05, 0.1) is 6.10 Å². The molecule has 0 amide bonds. The van der Waals surface area contributed by atoms with Crippen LogP contribution < -0.4 is 0 Å². The lowest BCUT2D eigenvalue weighted by atomic mass is 9.47. The maximum atomic E-state index is 13.0. The lowest BCUT2D eigenvalue weighted by Crippen LogP contribution is -2.51. The molecule has 4 aliphatic carbocycles. The van der Waals surface area contributed by atoms with Crippen molar-refractivity contribution in [3.63, 3.8) is 0 Å². The Morgan fingerprint density at radius 2 is 1.87 bits per heavy atom. The smallest absolute Gasteiger partial charge is 0.135 e. The van der Waals surface area contributed by atoms with Crippen LogP contribution in [-0.4, -0.2) is 17.0 Å². The van der Waals surface area contributed by atoms with Gasteiger partial charge in [-0.1, -0.05) is 52.7 Å². The summed E-state index contributed by atoms with van der Waals surface area (Å²) in [7, 11) is 0. The Balaban J connectivity index is 1.48. The van der Waals surface area contributed by atoms with Crippen LogP contribution in [0.3, 0.4) is 0 Å². The number of ketones is 1. The highest BCUT2D eigenvalue weighted by atomic mass is 16.3. The molecule has 30 heavy (non-hydrogen) atoms. The molecule has 0 bridgehead atoms. The Bertz CT molecular complexity index is 678. The molecule has 0 aromatic heterocycles. The van der Waals surface area contributed by atoms with Crippen molar-refractivity contribution in [3.8, 4) is 0 Å². The van der Waals surface area contributed by atoms with E-state index in [0.717, 1.165) is 43.4 Å². The summed E-state index contributed by atoms with van der Waals surface area (Å²) in [6.07, 6.45) is 14.9. The lowest BCUT2D eigenvalue weighted by Gasteiger charge is -2.58. The Morgan fingerprint density at radius 1 is 1.10 bits per heavy atom. The van der Waals surface area contributed by atoms with Crippen LogP contribution in [0.4, 0.5) is 0 Å². The SMILES string of the molecule is CC(C)CCCC(=O)C(C)C1CCC2C3CC=C4CC(O)CCC4(C)C3CCC12C. The summed E-state index contributed by atoms with van der Waals surface area (Å²) in [6.45, 7) is 11.8.